The molecule has 1 saturated carbocycles. The van der Waals surface area contributed by atoms with Gasteiger partial charge in [-0.1, -0.05) is 13.8 Å². The van der Waals surface area contributed by atoms with Gasteiger partial charge in [-0.25, -0.2) is 0 Å². The molecular formula is C11H20OS2. The molecule has 0 amide bonds. The Morgan fingerprint density at radius 1 is 1.29 bits per heavy atom. The average Bonchev–Trinajstić information content (AvgIpc) is 2.47. The molecule has 2 unspecified atom stereocenters. The van der Waals surface area contributed by atoms with E-state index in [0.717, 1.165) is 6.42 Å². The number of aliphatic hydroxyl groups excluding tert-OH is 1. The first-order valence-corrected chi connectivity index (χ1v) is 7.56. The maximum atomic E-state index is 10.5. The molecule has 2 rings (SSSR count). The summed E-state index contributed by atoms with van der Waals surface area (Å²) in [5.41, 5.74) is 0.178. The summed E-state index contributed by atoms with van der Waals surface area (Å²) in [6.07, 6.45) is 4.72. The molecule has 1 nitrogen and oxygen atoms in total. The quantitative estimate of drug-likeness (QED) is 0.750. The van der Waals surface area contributed by atoms with E-state index >= 15 is 0 Å². The summed E-state index contributed by atoms with van der Waals surface area (Å²) >= 11 is 4.02. The van der Waals surface area contributed by atoms with Gasteiger partial charge in [0.25, 0.3) is 0 Å². The van der Waals surface area contributed by atoms with Crippen LogP contribution in [0.1, 0.15) is 39.5 Å². The summed E-state index contributed by atoms with van der Waals surface area (Å²) in [5.74, 6) is 2.48. The number of hydrogen-bond donors (Lipinski definition) is 1. The normalized spacial score (nSPS) is 41.8. The van der Waals surface area contributed by atoms with Crippen molar-refractivity contribution in [1.82, 2.24) is 0 Å². The number of aliphatic hydroxyl groups is 1. The van der Waals surface area contributed by atoms with Crippen LogP contribution >= 0.6 is 23.5 Å². The Labute approximate surface area is 95.4 Å². The topological polar surface area (TPSA) is 20.2 Å². The lowest BCUT2D eigenvalue weighted by Crippen LogP contribution is -2.41. The first kappa shape index (κ1) is 11.2. The van der Waals surface area contributed by atoms with Gasteiger partial charge in [0.1, 0.15) is 0 Å². The van der Waals surface area contributed by atoms with Crippen LogP contribution in [0.5, 0.6) is 0 Å². The molecule has 0 bridgehead atoms. The molecule has 82 valence electrons. The lowest BCUT2D eigenvalue weighted by molar-refractivity contribution is 0.0610. The van der Waals surface area contributed by atoms with Crippen molar-refractivity contribution in [2.45, 2.75) is 49.7 Å². The smallest absolute Gasteiger partial charge is 0.0874 e. The van der Waals surface area contributed by atoms with Gasteiger partial charge in [-0.15, -0.1) is 23.5 Å². The van der Waals surface area contributed by atoms with Crippen LogP contribution in [0.4, 0.5) is 0 Å². The zero-order valence-corrected chi connectivity index (χ0v) is 10.7. The van der Waals surface area contributed by atoms with Gasteiger partial charge >= 0.3 is 0 Å². The minimum atomic E-state index is -0.102. The molecule has 0 aromatic carbocycles. The Morgan fingerprint density at radius 3 is 2.43 bits per heavy atom. The van der Waals surface area contributed by atoms with Crippen molar-refractivity contribution >= 4 is 23.5 Å². The van der Waals surface area contributed by atoms with Crippen LogP contribution in [-0.2, 0) is 0 Å². The van der Waals surface area contributed by atoms with Crippen LogP contribution in [0.3, 0.4) is 0 Å². The fourth-order valence-electron chi connectivity index (χ4n) is 2.53. The molecule has 0 radical (unpaired) electrons. The van der Waals surface area contributed by atoms with E-state index in [9.17, 15) is 5.11 Å². The number of hydrogen-bond acceptors (Lipinski definition) is 3. The molecule has 2 aliphatic rings. The molecule has 14 heavy (non-hydrogen) atoms. The average molecular weight is 232 g/mol. The Kier molecular flexibility index (Phi) is 3.12. The number of rotatable bonds is 1. The van der Waals surface area contributed by atoms with Crippen LogP contribution in [-0.4, -0.2) is 26.8 Å². The van der Waals surface area contributed by atoms with Crippen molar-refractivity contribution < 1.29 is 5.11 Å². The van der Waals surface area contributed by atoms with Gasteiger partial charge in [-0.05, 0) is 42.6 Å². The van der Waals surface area contributed by atoms with Crippen molar-refractivity contribution in [2.75, 3.05) is 11.5 Å². The molecule has 0 aromatic heterocycles. The SMILES string of the molecule is CCC1(C)CCC2(SCCCS2)C1O. The molecule has 2 fully saturated rings. The molecule has 1 heterocycles. The Hall–Kier alpha value is 0.660. The summed E-state index contributed by atoms with van der Waals surface area (Å²) in [7, 11) is 0. The largest absolute Gasteiger partial charge is 0.390 e. The monoisotopic (exact) mass is 232 g/mol. The third kappa shape index (κ3) is 1.61. The molecule has 0 aromatic rings. The highest BCUT2D eigenvalue weighted by molar-refractivity contribution is 8.18. The number of thioether (sulfide) groups is 2. The van der Waals surface area contributed by atoms with Crippen LogP contribution in [0, 0.1) is 5.41 Å². The summed E-state index contributed by atoms with van der Waals surface area (Å²) in [4.78, 5) is 0. The zero-order chi connectivity index (χ0) is 10.2. The van der Waals surface area contributed by atoms with E-state index < -0.39 is 0 Å². The Balaban J connectivity index is 2.15. The maximum Gasteiger partial charge on any atom is 0.0874 e. The van der Waals surface area contributed by atoms with E-state index in [1.54, 1.807) is 0 Å². The highest BCUT2D eigenvalue weighted by atomic mass is 32.2. The van der Waals surface area contributed by atoms with E-state index in [1.165, 1.54) is 30.8 Å². The van der Waals surface area contributed by atoms with Crippen molar-refractivity contribution in [3.63, 3.8) is 0 Å². The van der Waals surface area contributed by atoms with Crippen molar-refractivity contribution in [3.8, 4) is 0 Å². The van der Waals surface area contributed by atoms with E-state index in [2.05, 4.69) is 13.8 Å². The first-order valence-electron chi connectivity index (χ1n) is 5.59. The lowest BCUT2D eigenvalue weighted by Gasteiger charge is -2.39. The predicted octanol–water partition coefficient (Wildman–Crippen LogP) is 3.12. The molecule has 1 aliphatic heterocycles. The van der Waals surface area contributed by atoms with Gasteiger partial charge in [0.15, 0.2) is 0 Å². The molecule has 2 atom stereocenters. The van der Waals surface area contributed by atoms with E-state index in [1.807, 2.05) is 23.5 Å². The van der Waals surface area contributed by atoms with Crippen molar-refractivity contribution in [1.29, 1.82) is 0 Å². The van der Waals surface area contributed by atoms with Gasteiger partial charge in [0.2, 0.25) is 0 Å². The molecule has 1 spiro atoms. The van der Waals surface area contributed by atoms with Crippen LogP contribution in [0.15, 0.2) is 0 Å². The molecule has 1 N–H and O–H groups in total. The third-order valence-corrected chi connectivity index (χ3v) is 7.44. The maximum absolute atomic E-state index is 10.5. The molecule has 3 heteroatoms. The van der Waals surface area contributed by atoms with Crippen molar-refractivity contribution in [2.24, 2.45) is 5.41 Å². The van der Waals surface area contributed by atoms with Crippen LogP contribution < -0.4 is 0 Å². The minimum Gasteiger partial charge on any atom is -0.390 e. The molecular weight excluding hydrogens is 212 g/mol. The van der Waals surface area contributed by atoms with Gasteiger partial charge in [-0.3, -0.25) is 0 Å². The zero-order valence-electron chi connectivity index (χ0n) is 9.08. The van der Waals surface area contributed by atoms with E-state index in [-0.39, 0.29) is 15.6 Å². The van der Waals surface area contributed by atoms with Crippen molar-refractivity contribution in [3.05, 3.63) is 0 Å². The second-order valence-electron chi connectivity index (χ2n) is 4.77. The highest BCUT2D eigenvalue weighted by Crippen LogP contribution is 2.59. The molecule has 1 aliphatic carbocycles. The van der Waals surface area contributed by atoms with Gasteiger partial charge in [0, 0.05) is 0 Å². The van der Waals surface area contributed by atoms with Gasteiger partial charge < -0.3 is 5.11 Å². The third-order valence-electron chi connectivity index (χ3n) is 3.91. The van der Waals surface area contributed by atoms with E-state index in [4.69, 9.17) is 0 Å². The second kappa shape index (κ2) is 3.91. The van der Waals surface area contributed by atoms with E-state index in [0.29, 0.717) is 0 Å². The predicted molar refractivity (Wildman–Crippen MR) is 65.9 cm³/mol. The first-order chi connectivity index (χ1) is 6.63. The standard InChI is InChI=1S/C11H20OS2/c1-3-10(2)5-6-11(9(10)12)13-7-4-8-14-11/h9,12H,3-8H2,1-2H3. The fourth-order valence-corrected chi connectivity index (χ4v) is 6.19. The lowest BCUT2D eigenvalue weighted by atomic mass is 9.84. The van der Waals surface area contributed by atoms with Crippen LogP contribution in [0.25, 0.3) is 0 Å². The fraction of sp³-hybridized carbons (Fsp3) is 1.00. The second-order valence-corrected chi connectivity index (χ2v) is 7.88. The van der Waals surface area contributed by atoms with Gasteiger partial charge in [0.05, 0.1) is 10.2 Å². The minimum absolute atomic E-state index is 0.102. The summed E-state index contributed by atoms with van der Waals surface area (Å²) < 4.78 is 0.156. The highest BCUT2D eigenvalue weighted by Gasteiger charge is 2.54. The molecule has 1 saturated heterocycles. The van der Waals surface area contributed by atoms with Crippen LogP contribution in [0.2, 0.25) is 0 Å². The Morgan fingerprint density at radius 2 is 1.93 bits per heavy atom. The van der Waals surface area contributed by atoms with Gasteiger partial charge in [-0.2, -0.15) is 0 Å². The summed E-state index contributed by atoms with van der Waals surface area (Å²) in [6, 6.07) is 0. The Bertz CT molecular complexity index is 213. The summed E-state index contributed by atoms with van der Waals surface area (Å²) in [6.45, 7) is 4.46. The summed E-state index contributed by atoms with van der Waals surface area (Å²) in [5, 5.41) is 10.5.